The second kappa shape index (κ2) is 2.70. The quantitative estimate of drug-likeness (QED) is 0.633. The van der Waals surface area contributed by atoms with Gasteiger partial charge in [0.25, 0.3) is 0 Å². The van der Waals surface area contributed by atoms with Crippen LogP contribution in [0.25, 0.3) is 0 Å². The summed E-state index contributed by atoms with van der Waals surface area (Å²) in [6.45, 7) is -0.139. The summed E-state index contributed by atoms with van der Waals surface area (Å²) >= 11 is 0. The monoisotopic (exact) mass is 144 g/mol. The predicted octanol–water partition coefficient (Wildman–Crippen LogP) is 0.819. The lowest BCUT2D eigenvalue weighted by Gasteiger charge is -1.97. The number of hydrogen-bond donors (Lipinski definition) is 1. The number of aromatic nitrogens is 1. The lowest BCUT2D eigenvalue weighted by atomic mass is 10.2. The zero-order valence-corrected chi connectivity index (χ0v) is 5.14. The van der Waals surface area contributed by atoms with Crippen LogP contribution in [-0.2, 0) is 6.54 Å². The van der Waals surface area contributed by atoms with Crippen LogP contribution in [-0.4, -0.2) is 4.98 Å². The summed E-state index contributed by atoms with van der Waals surface area (Å²) in [6, 6.07) is 0. The summed E-state index contributed by atoms with van der Waals surface area (Å²) < 4.78 is 24.9. The van der Waals surface area contributed by atoms with E-state index in [1.165, 1.54) is 0 Å². The Morgan fingerprint density at radius 2 is 1.80 bits per heavy atom. The van der Waals surface area contributed by atoms with Crippen molar-refractivity contribution in [2.45, 2.75) is 6.54 Å². The fraction of sp³-hybridized carbons (Fsp3) is 0.167. The molecule has 0 spiro atoms. The lowest BCUT2D eigenvalue weighted by molar-refractivity contribution is 0.547. The molecule has 0 radical (unpaired) electrons. The molecule has 0 aliphatic carbocycles. The highest BCUT2D eigenvalue weighted by molar-refractivity contribution is 5.14. The van der Waals surface area contributed by atoms with Crippen LogP contribution in [0, 0.1) is 11.6 Å². The molecule has 0 atom stereocenters. The van der Waals surface area contributed by atoms with E-state index >= 15 is 0 Å². The van der Waals surface area contributed by atoms with Gasteiger partial charge in [0.05, 0.1) is 12.4 Å². The van der Waals surface area contributed by atoms with Gasteiger partial charge in [0.15, 0.2) is 0 Å². The van der Waals surface area contributed by atoms with Crippen molar-refractivity contribution in [3.63, 3.8) is 0 Å². The molecule has 1 aromatic heterocycles. The molecule has 10 heavy (non-hydrogen) atoms. The molecule has 0 unspecified atom stereocenters. The highest BCUT2D eigenvalue weighted by Crippen LogP contribution is 2.07. The summed E-state index contributed by atoms with van der Waals surface area (Å²) in [5.74, 6) is -1.38. The van der Waals surface area contributed by atoms with E-state index in [9.17, 15) is 8.78 Å². The maximum atomic E-state index is 12.5. The predicted molar refractivity (Wildman–Crippen MR) is 32.0 cm³/mol. The van der Waals surface area contributed by atoms with Crippen molar-refractivity contribution in [2.24, 2.45) is 5.73 Å². The van der Waals surface area contributed by atoms with Crippen LogP contribution in [0.1, 0.15) is 5.56 Å². The van der Waals surface area contributed by atoms with Gasteiger partial charge in [-0.15, -0.1) is 0 Å². The standard InChI is InChI=1S/C6H6F2N2/c7-5-2-10-3-6(8)4(5)1-9/h2-3H,1,9H2. The van der Waals surface area contributed by atoms with Crippen LogP contribution < -0.4 is 5.73 Å². The smallest absolute Gasteiger partial charge is 0.148 e. The molecule has 0 aliphatic rings. The van der Waals surface area contributed by atoms with E-state index in [0.717, 1.165) is 12.4 Å². The number of hydrogen-bond acceptors (Lipinski definition) is 2. The first-order chi connectivity index (χ1) is 4.75. The van der Waals surface area contributed by atoms with Crippen molar-refractivity contribution in [1.29, 1.82) is 0 Å². The molecule has 0 aliphatic heterocycles. The van der Waals surface area contributed by atoms with Crippen molar-refractivity contribution >= 4 is 0 Å². The molecule has 0 amide bonds. The maximum Gasteiger partial charge on any atom is 0.148 e. The van der Waals surface area contributed by atoms with E-state index in [0.29, 0.717) is 0 Å². The molecule has 1 aromatic rings. The number of nitrogens with zero attached hydrogens (tertiary/aromatic N) is 1. The third kappa shape index (κ3) is 1.11. The summed E-state index contributed by atoms with van der Waals surface area (Å²) in [5.41, 5.74) is 4.93. The van der Waals surface area contributed by atoms with E-state index in [1.54, 1.807) is 0 Å². The van der Waals surface area contributed by atoms with Crippen molar-refractivity contribution in [2.75, 3.05) is 0 Å². The third-order valence-corrected chi connectivity index (χ3v) is 1.16. The van der Waals surface area contributed by atoms with E-state index in [4.69, 9.17) is 5.73 Å². The van der Waals surface area contributed by atoms with Crippen LogP contribution in [0.5, 0.6) is 0 Å². The molecular weight excluding hydrogens is 138 g/mol. The number of pyridine rings is 1. The molecule has 0 saturated carbocycles. The van der Waals surface area contributed by atoms with Crippen LogP contribution in [0.3, 0.4) is 0 Å². The van der Waals surface area contributed by atoms with Gasteiger partial charge in [-0.25, -0.2) is 8.78 Å². The van der Waals surface area contributed by atoms with Gasteiger partial charge >= 0.3 is 0 Å². The second-order valence-electron chi connectivity index (χ2n) is 1.79. The van der Waals surface area contributed by atoms with E-state index in [1.807, 2.05) is 0 Å². The molecule has 2 nitrogen and oxygen atoms in total. The molecule has 0 fully saturated rings. The molecule has 0 saturated heterocycles. The first-order valence-corrected chi connectivity index (χ1v) is 2.73. The van der Waals surface area contributed by atoms with Crippen molar-refractivity contribution < 1.29 is 8.78 Å². The third-order valence-electron chi connectivity index (χ3n) is 1.16. The van der Waals surface area contributed by atoms with Gasteiger partial charge in [0, 0.05) is 12.1 Å². The summed E-state index contributed by atoms with van der Waals surface area (Å²) in [4.78, 5) is 3.29. The van der Waals surface area contributed by atoms with Gasteiger partial charge in [0.1, 0.15) is 11.6 Å². The SMILES string of the molecule is NCc1c(F)cncc1F. The van der Waals surface area contributed by atoms with Crippen LogP contribution in [0.15, 0.2) is 12.4 Å². The Morgan fingerprint density at radius 1 is 1.30 bits per heavy atom. The number of rotatable bonds is 1. The fourth-order valence-corrected chi connectivity index (χ4v) is 0.633. The Balaban J connectivity index is 3.17. The Morgan fingerprint density at radius 3 is 2.10 bits per heavy atom. The fourth-order valence-electron chi connectivity index (χ4n) is 0.633. The zero-order chi connectivity index (χ0) is 7.56. The summed E-state index contributed by atoms with van der Waals surface area (Å²) in [6.07, 6.45) is 1.87. The first kappa shape index (κ1) is 7.08. The normalized spacial score (nSPS) is 9.90. The molecule has 54 valence electrons. The van der Waals surface area contributed by atoms with Gasteiger partial charge < -0.3 is 5.73 Å². The molecule has 1 rings (SSSR count). The molecule has 4 heteroatoms. The lowest BCUT2D eigenvalue weighted by Crippen LogP contribution is -2.03. The van der Waals surface area contributed by atoms with E-state index in [2.05, 4.69) is 4.98 Å². The summed E-state index contributed by atoms with van der Waals surface area (Å²) in [5, 5.41) is 0. The van der Waals surface area contributed by atoms with Crippen molar-refractivity contribution in [1.82, 2.24) is 4.98 Å². The van der Waals surface area contributed by atoms with Gasteiger partial charge in [-0.1, -0.05) is 0 Å². The average molecular weight is 144 g/mol. The van der Waals surface area contributed by atoms with Crippen molar-refractivity contribution in [3.05, 3.63) is 29.6 Å². The minimum absolute atomic E-state index is 0.116. The van der Waals surface area contributed by atoms with Gasteiger partial charge in [-0.2, -0.15) is 0 Å². The van der Waals surface area contributed by atoms with Gasteiger partial charge in [0.2, 0.25) is 0 Å². The zero-order valence-electron chi connectivity index (χ0n) is 5.14. The highest BCUT2D eigenvalue weighted by atomic mass is 19.1. The number of nitrogens with two attached hydrogens (primary N) is 1. The highest BCUT2D eigenvalue weighted by Gasteiger charge is 2.05. The minimum Gasteiger partial charge on any atom is -0.326 e. The van der Waals surface area contributed by atoms with Gasteiger partial charge in [-0.05, 0) is 0 Å². The van der Waals surface area contributed by atoms with E-state index in [-0.39, 0.29) is 12.1 Å². The Bertz CT molecular complexity index is 217. The molecule has 0 bridgehead atoms. The molecular formula is C6H6F2N2. The maximum absolute atomic E-state index is 12.5. The molecule has 1 heterocycles. The largest absolute Gasteiger partial charge is 0.326 e. The van der Waals surface area contributed by atoms with E-state index < -0.39 is 11.6 Å². The number of halogens is 2. The van der Waals surface area contributed by atoms with Crippen LogP contribution >= 0.6 is 0 Å². The van der Waals surface area contributed by atoms with Crippen LogP contribution in [0.4, 0.5) is 8.78 Å². The second-order valence-corrected chi connectivity index (χ2v) is 1.79. The van der Waals surface area contributed by atoms with Gasteiger partial charge in [-0.3, -0.25) is 4.98 Å². The molecule has 2 N–H and O–H groups in total. The topological polar surface area (TPSA) is 38.9 Å². The van der Waals surface area contributed by atoms with Crippen molar-refractivity contribution in [3.8, 4) is 0 Å². The first-order valence-electron chi connectivity index (χ1n) is 2.73. The average Bonchev–Trinajstić information content (AvgIpc) is 1.88. The Hall–Kier alpha value is -1.03. The van der Waals surface area contributed by atoms with Crippen LogP contribution in [0.2, 0.25) is 0 Å². The summed E-state index contributed by atoms with van der Waals surface area (Å²) in [7, 11) is 0. The minimum atomic E-state index is -0.692. The molecule has 0 aromatic carbocycles. The Labute approximate surface area is 56.7 Å². The Kier molecular flexibility index (Phi) is 1.91.